The molecule has 0 radical (unpaired) electrons. The molecule has 1 heterocycles. The number of phenols is 1. The lowest BCUT2D eigenvalue weighted by molar-refractivity contribution is -0.114. The van der Waals surface area contributed by atoms with Gasteiger partial charge >= 0.3 is 0 Å². The van der Waals surface area contributed by atoms with Gasteiger partial charge in [0.1, 0.15) is 17.5 Å². The Bertz CT molecular complexity index is 1110. The summed E-state index contributed by atoms with van der Waals surface area (Å²) in [6, 6.07) is 14.2. The first-order valence-electron chi connectivity index (χ1n) is 8.44. The molecule has 1 aromatic heterocycles. The molecule has 0 aliphatic heterocycles. The summed E-state index contributed by atoms with van der Waals surface area (Å²) in [5.74, 6) is 6.03. The van der Waals surface area contributed by atoms with Crippen molar-refractivity contribution in [3.8, 4) is 23.7 Å². The zero-order chi connectivity index (χ0) is 19.4. The monoisotopic (exact) mass is 358 g/mol. The maximum atomic E-state index is 11.3. The molecule has 3 aromatic rings. The lowest BCUT2D eigenvalue weighted by Crippen LogP contribution is -2.21. The first kappa shape index (κ1) is 18.1. The van der Waals surface area contributed by atoms with Gasteiger partial charge in [-0.05, 0) is 49.2 Å². The highest BCUT2D eigenvalue weighted by molar-refractivity contribution is 5.92. The second kappa shape index (κ2) is 7.65. The van der Waals surface area contributed by atoms with E-state index in [0.29, 0.717) is 23.5 Å². The van der Waals surface area contributed by atoms with E-state index in [-0.39, 0.29) is 18.2 Å². The Morgan fingerprint density at radius 1 is 1.22 bits per heavy atom. The minimum atomic E-state index is -0.261. The number of carbonyl (C=O) groups is 1. The van der Waals surface area contributed by atoms with E-state index >= 15 is 0 Å². The Hall–Kier alpha value is -3.74. The van der Waals surface area contributed by atoms with Gasteiger partial charge in [-0.2, -0.15) is 5.26 Å². The fourth-order valence-corrected chi connectivity index (χ4v) is 2.89. The molecule has 6 nitrogen and oxygen atoms in total. The summed E-state index contributed by atoms with van der Waals surface area (Å²) < 4.78 is 1.91. The largest absolute Gasteiger partial charge is 0.508 e. The van der Waals surface area contributed by atoms with Crippen LogP contribution in [-0.4, -0.2) is 22.1 Å². The summed E-state index contributed by atoms with van der Waals surface area (Å²) in [5.41, 5.74) is 8.55. The van der Waals surface area contributed by atoms with E-state index in [1.54, 1.807) is 42.5 Å². The lowest BCUT2D eigenvalue weighted by atomic mass is 10.1. The van der Waals surface area contributed by atoms with E-state index < -0.39 is 0 Å². The first-order valence-corrected chi connectivity index (χ1v) is 8.44. The van der Waals surface area contributed by atoms with Crippen LogP contribution >= 0.6 is 0 Å². The number of aromatic hydroxyl groups is 1. The number of rotatable bonds is 3. The second-order valence-corrected chi connectivity index (χ2v) is 5.86. The van der Waals surface area contributed by atoms with Crippen molar-refractivity contribution in [2.24, 2.45) is 5.73 Å². The molecule has 0 saturated heterocycles. The molecule has 0 aliphatic carbocycles. The topological polar surface area (TPSA) is 104 Å². The number of aryl methyl sites for hydroxylation is 1. The second-order valence-electron chi connectivity index (χ2n) is 5.86. The normalized spacial score (nSPS) is 10.1. The number of benzene rings is 2. The molecule has 0 bridgehead atoms. The summed E-state index contributed by atoms with van der Waals surface area (Å²) in [4.78, 5) is 11.3. The molecule has 0 fully saturated rings. The van der Waals surface area contributed by atoms with Crippen LogP contribution in [0.5, 0.6) is 5.75 Å². The van der Waals surface area contributed by atoms with E-state index in [9.17, 15) is 15.2 Å². The van der Waals surface area contributed by atoms with Gasteiger partial charge in [-0.1, -0.05) is 5.92 Å². The van der Waals surface area contributed by atoms with Gasteiger partial charge in [0.05, 0.1) is 17.6 Å². The third-order valence-corrected chi connectivity index (χ3v) is 4.16. The third-order valence-electron chi connectivity index (χ3n) is 4.16. The Morgan fingerprint density at radius 3 is 2.59 bits per heavy atom. The average Bonchev–Trinajstić information content (AvgIpc) is 2.98. The minimum Gasteiger partial charge on any atom is -0.508 e. The van der Waals surface area contributed by atoms with Crippen LogP contribution in [0.2, 0.25) is 0 Å². The van der Waals surface area contributed by atoms with Gasteiger partial charge in [-0.15, -0.1) is 0 Å². The predicted molar refractivity (Wildman–Crippen MR) is 104 cm³/mol. The molecule has 1 amide bonds. The minimum absolute atomic E-state index is 0.0738. The van der Waals surface area contributed by atoms with Gasteiger partial charge in [-0.25, -0.2) is 0 Å². The number of aromatic nitrogens is 1. The Balaban J connectivity index is 2.00. The zero-order valence-electron chi connectivity index (χ0n) is 14.8. The van der Waals surface area contributed by atoms with Crippen molar-refractivity contribution in [1.29, 1.82) is 5.26 Å². The summed E-state index contributed by atoms with van der Waals surface area (Å²) in [6.45, 7) is 2.51. The fraction of sp³-hybridized carbons (Fsp3) is 0.143. The standard InChI is InChI=1S/C21H18N4O2/c1-2-25-19(18(12-22)17-9-8-16(26)11-20(17)25)10-5-14-3-6-15(7-4-14)24-21(27)13-23/h3-4,6-9,11,26H,2,13,23H2,1H3,(H,24,27). The zero-order valence-corrected chi connectivity index (χ0v) is 14.8. The van der Waals surface area contributed by atoms with Crippen molar-refractivity contribution < 1.29 is 9.90 Å². The van der Waals surface area contributed by atoms with Gasteiger partial charge < -0.3 is 20.7 Å². The molecular formula is C21H18N4O2. The molecule has 0 atom stereocenters. The molecule has 0 unspecified atom stereocenters. The summed E-state index contributed by atoms with van der Waals surface area (Å²) in [7, 11) is 0. The third kappa shape index (κ3) is 3.62. The van der Waals surface area contributed by atoms with Crippen LogP contribution in [0.25, 0.3) is 10.9 Å². The van der Waals surface area contributed by atoms with Crippen LogP contribution in [0, 0.1) is 23.2 Å². The van der Waals surface area contributed by atoms with Crippen LogP contribution in [-0.2, 0) is 11.3 Å². The number of hydrogen-bond donors (Lipinski definition) is 3. The first-order chi connectivity index (χ1) is 13.1. The van der Waals surface area contributed by atoms with Gasteiger partial charge in [0.15, 0.2) is 0 Å². The molecule has 0 saturated carbocycles. The highest BCUT2D eigenvalue weighted by atomic mass is 16.3. The summed E-state index contributed by atoms with van der Waals surface area (Å²) in [5, 5.41) is 22.8. The van der Waals surface area contributed by atoms with E-state index in [1.165, 1.54) is 0 Å². The molecule has 27 heavy (non-hydrogen) atoms. The quantitative estimate of drug-likeness (QED) is 0.626. The van der Waals surface area contributed by atoms with Crippen molar-refractivity contribution >= 4 is 22.5 Å². The lowest BCUT2D eigenvalue weighted by Gasteiger charge is -2.03. The van der Waals surface area contributed by atoms with Crippen LogP contribution in [0.3, 0.4) is 0 Å². The number of nitrogens with one attached hydrogen (secondary N) is 1. The van der Waals surface area contributed by atoms with Crippen molar-refractivity contribution in [2.45, 2.75) is 13.5 Å². The average molecular weight is 358 g/mol. The maximum absolute atomic E-state index is 11.3. The van der Waals surface area contributed by atoms with Crippen LogP contribution in [0.4, 0.5) is 5.69 Å². The van der Waals surface area contributed by atoms with Crippen LogP contribution in [0.15, 0.2) is 42.5 Å². The van der Waals surface area contributed by atoms with Crippen LogP contribution < -0.4 is 11.1 Å². The van der Waals surface area contributed by atoms with Gasteiger partial charge in [0.25, 0.3) is 0 Å². The number of amides is 1. The molecule has 4 N–H and O–H groups in total. The van der Waals surface area contributed by atoms with E-state index in [0.717, 1.165) is 16.5 Å². The predicted octanol–water partition coefficient (Wildman–Crippen LogP) is 2.54. The van der Waals surface area contributed by atoms with E-state index in [4.69, 9.17) is 5.73 Å². The number of hydrogen-bond acceptors (Lipinski definition) is 4. The summed E-state index contributed by atoms with van der Waals surface area (Å²) in [6.07, 6.45) is 0. The fourth-order valence-electron chi connectivity index (χ4n) is 2.89. The molecule has 0 spiro atoms. The number of anilines is 1. The number of phenolic OH excluding ortho intramolecular Hbond substituents is 1. The molecule has 0 aliphatic rings. The SMILES string of the molecule is CCn1c(C#Cc2ccc(NC(=O)CN)cc2)c(C#N)c2ccc(O)cc21. The number of carbonyl (C=O) groups excluding carboxylic acids is 1. The van der Waals surface area contributed by atoms with E-state index in [2.05, 4.69) is 23.2 Å². The Kier molecular flexibility index (Phi) is 5.12. The van der Waals surface area contributed by atoms with E-state index in [1.807, 2.05) is 11.5 Å². The Morgan fingerprint density at radius 2 is 1.96 bits per heavy atom. The molecule has 134 valence electrons. The number of nitrogens with zero attached hydrogens (tertiary/aromatic N) is 2. The van der Waals surface area contributed by atoms with Crippen molar-refractivity contribution in [2.75, 3.05) is 11.9 Å². The van der Waals surface area contributed by atoms with Gasteiger partial charge in [0.2, 0.25) is 5.91 Å². The molecule has 2 aromatic carbocycles. The summed E-state index contributed by atoms with van der Waals surface area (Å²) >= 11 is 0. The highest BCUT2D eigenvalue weighted by Gasteiger charge is 2.15. The van der Waals surface area contributed by atoms with Crippen LogP contribution in [0.1, 0.15) is 23.7 Å². The highest BCUT2D eigenvalue weighted by Crippen LogP contribution is 2.28. The maximum Gasteiger partial charge on any atom is 0.238 e. The van der Waals surface area contributed by atoms with Crippen molar-refractivity contribution in [1.82, 2.24) is 4.57 Å². The number of fused-ring (bicyclic) bond motifs is 1. The van der Waals surface area contributed by atoms with Crippen molar-refractivity contribution in [3.05, 3.63) is 59.3 Å². The molecular weight excluding hydrogens is 340 g/mol. The number of nitrogens with two attached hydrogens (primary N) is 1. The van der Waals surface area contributed by atoms with Gasteiger partial charge in [0, 0.05) is 29.2 Å². The Labute approximate surface area is 156 Å². The molecule has 6 heteroatoms. The van der Waals surface area contributed by atoms with Gasteiger partial charge in [-0.3, -0.25) is 4.79 Å². The smallest absolute Gasteiger partial charge is 0.238 e. The molecule has 3 rings (SSSR count). The van der Waals surface area contributed by atoms with Crippen molar-refractivity contribution in [3.63, 3.8) is 0 Å². The number of nitriles is 1.